The number of hydrogen-bond acceptors (Lipinski definition) is 4. The summed E-state index contributed by atoms with van der Waals surface area (Å²) in [4.78, 5) is 25.2. The maximum atomic E-state index is 12.5. The van der Waals surface area contributed by atoms with Crippen LogP contribution in [0.1, 0.15) is 29.9 Å². The molecule has 1 atom stereocenters. The molecular weight excluding hydrogens is 370 g/mol. The highest BCUT2D eigenvalue weighted by molar-refractivity contribution is 7.12. The first kappa shape index (κ1) is 20.0. The van der Waals surface area contributed by atoms with Crippen LogP contribution in [0.4, 0.5) is 0 Å². The zero-order valence-electron chi connectivity index (χ0n) is 14.6. The predicted molar refractivity (Wildman–Crippen MR) is 104 cm³/mol. The Morgan fingerprint density at radius 1 is 1.23 bits per heavy atom. The number of nitrogens with zero attached hydrogens (tertiary/aromatic N) is 1. The van der Waals surface area contributed by atoms with Gasteiger partial charge in [-0.05, 0) is 47.0 Å². The number of halogens is 1. The second-order valence-electron chi connectivity index (χ2n) is 6.24. The van der Waals surface area contributed by atoms with E-state index in [1.165, 1.54) is 11.3 Å². The normalized spacial score (nSPS) is 11.7. The first-order valence-electron chi connectivity index (χ1n) is 8.20. The van der Waals surface area contributed by atoms with Crippen LogP contribution >= 0.6 is 22.9 Å². The second-order valence-corrected chi connectivity index (χ2v) is 7.59. The number of nitriles is 1. The van der Waals surface area contributed by atoms with Crippen LogP contribution in [0.5, 0.6) is 0 Å². The van der Waals surface area contributed by atoms with Crippen LogP contribution in [0.2, 0.25) is 5.02 Å². The number of hydrogen-bond donors (Lipinski definition) is 2. The van der Waals surface area contributed by atoms with Gasteiger partial charge in [-0.25, -0.2) is 0 Å². The van der Waals surface area contributed by atoms with E-state index in [1.54, 1.807) is 18.2 Å². The van der Waals surface area contributed by atoms with Gasteiger partial charge in [0.25, 0.3) is 5.91 Å². The van der Waals surface area contributed by atoms with Gasteiger partial charge in [0.2, 0.25) is 5.91 Å². The highest BCUT2D eigenvalue weighted by Crippen LogP contribution is 2.27. The highest BCUT2D eigenvalue weighted by atomic mass is 35.5. The van der Waals surface area contributed by atoms with Crippen LogP contribution in [-0.4, -0.2) is 24.4 Å². The minimum absolute atomic E-state index is 0.0803. The van der Waals surface area contributed by atoms with E-state index >= 15 is 0 Å². The monoisotopic (exact) mass is 389 g/mol. The third kappa shape index (κ3) is 5.58. The Labute approximate surface area is 162 Å². The van der Waals surface area contributed by atoms with Crippen molar-refractivity contribution in [1.82, 2.24) is 10.6 Å². The molecule has 2 rings (SSSR count). The molecule has 2 amide bonds. The Morgan fingerprint density at radius 3 is 2.54 bits per heavy atom. The molecule has 0 fully saturated rings. The molecule has 0 aliphatic rings. The number of thiophene rings is 1. The fraction of sp³-hybridized carbons (Fsp3) is 0.316. The summed E-state index contributed by atoms with van der Waals surface area (Å²) < 4.78 is 0. The average molecular weight is 390 g/mol. The standard InChI is InChI=1S/C19H20ClN3O2S/c1-12(2)9-16(18(24)22-8-7-21)23-19(25)17-10-14(11-26-17)13-3-5-15(20)6-4-13/h3-6,10-12,16H,8-9H2,1-2H3,(H,22,24)(H,23,25)/t16-/m0/s1. The molecule has 0 aliphatic carbocycles. The van der Waals surface area contributed by atoms with E-state index in [9.17, 15) is 9.59 Å². The van der Waals surface area contributed by atoms with Gasteiger partial charge in [0.05, 0.1) is 10.9 Å². The summed E-state index contributed by atoms with van der Waals surface area (Å²) in [5, 5.41) is 16.4. The van der Waals surface area contributed by atoms with Crippen LogP contribution < -0.4 is 10.6 Å². The van der Waals surface area contributed by atoms with Gasteiger partial charge in [-0.2, -0.15) is 5.26 Å². The van der Waals surface area contributed by atoms with Gasteiger partial charge in [0, 0.05) is 5.02 Å². The van der Waals surface area contributed by atoms with E-state index < -0.39 is 6.04 Å². The molecule has 0 aliphatic heterocycles. The van der Waals surface area contributed by atoms with E-state index in [4.69, 9.17) is 16.9 Å². The topological polar surface area (TPSA) is 82.0 Å². The lowest BCUT2D eigenvalue weighted by molar-refractivity contribution is -0.123. The lowest BCUT2D eigenvalue weighted by atomic mass is 10.0. The summed E-state index contributed by atoms with van der Waals surface area (Å²) in [5.74, 6) is -0.419. The summed E-state index contributed by atoms with van der Waals surface area (Å²) in [6.45, 7) is 3.87. The van der Waals surface area contributed by atoms with E-state index in [0.717, 1.165) is 11.1 Å². The van der Waals surface area contributed by atoms with Gasteiger partial charge in [-0.3, -0.25) is 9.59 Å². The van der Waals surface area contributed by atoms with E-state index in [1.807, 2.05) is 37.4 Å². The van der Waals surface area contributed by atoms with Gasteiger partial charge in [-0.15, -0.1) is 11.3 Å². The number of amides is 2. The van der Waals surface area contributed by atoms with Crippen LogP contribution in [0.15, 0.2) is 35.7 Å². The van der Waals surface area contributed by atoms with Gasteiger partial charge in [0.15, 0.2) is 0 Å². The summed E-state index contributed by atoms with van der Waals surface area (Å²) >= 11 is 7.22. The van der Waals surface area contributed by atoms with E-state index in [-0.39, 0.29) is 24.3 Å². The fourth-order valence-corrected chi connectivity index (χ4v) is 3.38. The Morgan fingerprint density at radius 2 is 1.92 bits per heavy atom. The zero-order valence-corrected chi connectivity index (χ0v) is 16.2. The lowest BCUT2D eigenvalue weighted by Gasteiger charge is -2.19. The van der Waals surface area contributed by atoms with Crippen molar-refractivity contribution < 1.29 is 9.59 Å². The molecule has 5 nitrogen and oxygen atoms in total. The van der Waals surface area contributed by atoms with Crippen molar-refractivity contribution >= 4 is 34.8 Å². The van der Waals surface area contributed by atoms with Crippen molar-refractivity contribution in [1.29, 1.82) is 5.26 Å². The quantitative estimate of drug-likeness (QED) is 0.705. The van der Waals surface area contributed by atoms with Crippen molar-refractivity contribution in [3.05, 3.63) is 45.6 Å². The van der Waals surface area contributed by atoms with Crippen LogP contribution in [0, 0.1) is 17.2 Å². The van der Waals surface area contributed by atoms with Crippen molar-refractivity contribution in [2.75, 3.05) is 6.54 Å². The molecule has 7 heteroatoms. The lowest BCUT2D eigenvalue weighted by Crippen LogP contribution is -2.47. The SMILES string of the molecule is CC(C)C[C@H](NC(=O)c1cc(-c2ccc(Cl)cc2)cs1)C(=O)NCC#N. The number of carbonyl (C=O) groups is 2. The molecule has 2 N–H and O–H groups in total. The first-order valence-corrected chi connectivity index (χ1v) is 9.46. The van der Waals surface area contributed by atoms with Crippen LogP contribution in [-0.2, 0) is 4.79 Å². The molecule has 26 heavy (non-hydrogen) atoms. The van der Waals surface area contributed by atoms with Crippen molar-refractivity contribution in [2.45, 2.75) is 26.3 Å². The molecule has 0 saturated heterocycles. The van der Waals surface area contributed by atoms with Gasteiger partial charge in [0.1, 0.15) is 12.6 Å². The van der Waals surface area contributed by atoms with Crippen LogP contribution in [0.3, 0.4) is 0 Å². The largest absolute Gasteiger partial charge is 0.341 e. The third-order valence-corrected chi connectivity index (χ3v) is 4.85. The number of nitrogens with one attached hydrogen (secondary N) is 2. The Kier molecular flexibility index (Phi) is 7.19. The van der Waals surface area contributed by atoms with Crippen molar-refractivity contribution in [3.8, 4) is 17.2 Å². The molecule has 0 bridgehead atoms. The van der Waals surface area contributed by atoms with Gasteiger partial charge < -0.3 is 10.6 Å². The summed E-state index contributed by atoms with van der Waals surface area (Å²) in [6.07, 6.45) is 0.498. The molecule has 0 radical (unpaired) electrons. The minimum atomic E-state index is -0.670. The molecule has 0 unspecified atom stereocenters. The average Bonchev–Trinajstić information content (AvgIpc) is 3.09. The van der Waals surface area contributed by atoms with E-state index in [0.29, 0.717) is 16.3 Å². The Bertz CT molecular complexity index is 809. The number of benzene rings is 1. The zero-order chi connectivity index (χ0) is 19.1. The van der Waals surface area contributed by atoms with Gasteiger partial charge in [-0.1, -0.05) is 37.6 Å². The summed E-state index contributed by atoms with van der Waals surface area (Å²) in [6, 6.07) is 10.4. The molecule has 136 valence electrons. The number of rotatable bonds is 7. The molecule has 1 aromatic heterocycles. The maximum absolute atomic E-state index is 12.5. The Balaban J connectivity index is 2.10. The van der Waals surface area contributed by atoms with Crippen molar-refractivity contribution in [3.63, 3.8) is 0 Å². The minimum Gasteiger partial charge on any atom is -0.341 e. The molecule has 1 heterocycles. The van der Waals surface area contributed by atoms with E-state index in [2.05, 4.69) is 10.6 Å². The summed E-state index contributed by atoms with van der Waals surface area (Å²) in [7, 11) is 0. The molecule has 1 aromatic carbocycles. The smallest absolute Gasteiger partial charge is 0.262 e. The highest BCUT2D eigenvalue weighted by Gasteiger charge is 2.23. The Hall–Kier alpha value is -2.36. The molecule has 2 aromatic rings. The summed E-state index contributed by atoms with van der Waals surface area (Å²) in [5.41, 5.74) is 1.89. The molecule has 0 saturated carbocycles. The molecule has 0 spiro atoms. The van der Waals surface area contributed by atoms with Crippen molar-refractivity contribution in [2.24, 2.45) is 5.92 Å². The number of carbonyl (C=O) groups excluding carboxylic acids is 2. The predicted octanol–water partition coefficient (Wildman–Crippen LogP) is 3.85. The maximum Gasteiger partial charge on any atom is 0.262 e. The van der Waals surface area contributed by atoms with Gasteiger partial charge >= 0.3 is 0 Å². The second kappa shape index (κ2) is 9.37. The first-order chi connectivity index (χ1) is 12.4. The third-order valence-electron chi connectivity index (χ3n) is 3.67. The van der Waals surface area contributed by atoms with Crippen LogP contribution in [0.25, 0.3) is 11.1 Å². The fourth-order valence-electron chi connectivity index (χ4n) is 2.43. The molecular formula is C19H20ClN3O2S.